The minimum absolute atomic E-state index is 0.169. The van der Waals surface area contributed by atoms with Gasteiger partial charge in [0.05, 0.1) is 6.10 Å². The normalized spacial score (nSPS) is 33.8. The molecule has 0 spiro atoms. The molecule has 2 N–H and O–H groups in total. The highest BCUT2D eigenvalue weighted by molar-refractivity contribution is 4.82. The van der Waals surface area contributed by atoms with Crippen LogP contribution in [0.3, 0.4) is 0 Å². The van der Waals surface area contributed by atoms with E-state index in [4.69, 9.17) is 0 Å². The van der Waals surface area contributed by atoms with Gasteiger partial charge in [0.2, 0.25) is 0 Å². The van der Waals surface area contributed by atoms with E-state index in [1.807, 2.05) is 0 Å². The maximum Gasteiger partial charge on any atom is 0.0693 e. The molecule has 0 bridgehead atoms. The molecule has 0 radical (unpaired) electrons. The summed E-state index contributed by atoms with van der Waals surface area (Å²) < 4.78 is 0. The highest BCUT2D eigenvalue weighted by Gasteiger charge is 2.32. The van der Waals surface area contributed by atoms with E-state index in [1.165, 1.54) is 5.06 Å². The number of piperidine rings is 1. The van der Waals surface area contributed by atoms with E-state index < -0.39 is 0 Å². The first kappa shape index (κ1) is 9.96. The molecule has 1 rings (SSSR count). The van der Waals surface area contributed by atoms with Crippen molar-refractivity contribution in [3.63, 3.8) is 0 Å². The molecule has 1 aliphatic rings. The van der Waals surface area contributed by atoms with Gasteiger partial charge in [0, 0.05) is 13.1 Å². The van der Waals surface area contributed by atoms with Crippen LogP contribution in [-0.2, 0) is 0 Å². The second-order valence-electron chi connectivity index (χ2n) is 4.82. The van der Waals surface area contributed by atoms with Gasteiger partial charge in [0.25, 0.3) is 0 Å². The summed E-state index contributed by atoms with van der Waals surface area (Å²) in [6, 6.07) is 0. The highest BCUT2D eigenvalue weighted by atomic mass is 16.5. The summed E-state index contributed by atoms with van der Waals surface area (Å²) in [5, 5.41) is 19.9. The monoisotopic (exact) mass is 173 g/mol. The van der Waals surface area contributed by atoms with Gasteiger partial charge < -0.3 is 10.3 Å². The topological polar surface area (TPSA) is 43.7 Å². The maximum atomic E-state index is 9.41. The second kappa shape index (κ2) is 3.32. The average Bonchev–Trinajstić information content (AvgIpc) is 1.82. The Morgan fingerprint density at radius 1 is 1.25 bits per heavy atom. The molecule has 0 saturated carbocycles. The first-order valence-electron chi connectivity index (χ1n) is 4.51. The van der Waals surface area contributed by atoms with Gasteiger partial charge in [-0.15, -0.1) is 0 Å². The van der Waals surface area contributed by atoms with Crippen molar-refractivity contribution in [3.8, 4) is 0 Å². The number of hydrogen-bond donors (Lipinski definition) is 2. The lowest BCUT2D eigenvalue weighted by atomic mass is 9.76. The van der Waals surface area contributed by atoms with Gasteiger partial charge in [-0.25, -0.2) is 0 Å². The molecule has 1 aliphatic heterocycles. The number of β-amino-alcohol motifs (C(OH)–C–C–N with tert-alkyl or cyclic N) is 1. The molecule has 0 aromatic rings. The summed E-state index contributed by atoms with van der Waals surface area (Å²) >= 11 is 0. The Hall–Kier alpha value is -0.120. The van der Waals surface area contributed by atoms with Gasteiger partial charge in [-0.05, 0) is 17.8 Å². The lowest BCUT2D eigenvalue weighted by Crippen LogP contribution is -2.45. The average molecular weight is 173 g/mol. The third kappa shape index (κ3) is 2.44. The molecule has 72 valence electrons. The number of hydroxylamine groups is 2. The smallest absolute Gasteiger partial charge is 0.0693 e. The molecular formula is C9H19NO2. The fourth-order valence-electron chi connectivity index (χ4n) is 1.68. The van der Waals surface area contributed by atoms with E-state index >= 15 is 0 Å². The fraction of sp³-hybridized carbons (Fsp3) is 1.00. The predicted molar refractivity (Wildman–Crippen MR) is 46.9 cm³/mol. The molecule has 0 aliphatic carbocycles. The van der Waals surface area contributed by atoms with Crippen molar-refractivity contribution in [2.75, 3.05) is 13.1 Å². The first-order chi connectivity index (χ1) is 5.39. The highest BCUT2D eigenvalue weighted by Crippen LogP contribution is 2.32. The van der Waals surface area contributed by atoms with Crippen LogP contribution in [0.15, 0.2) is 0 Å². The molecule has 0 amide bonds. The number of aliphatic hydroxyl groups excluding tert-OH is 1. The van der Waals surface area contributed by atoms with Crippen molar-refractivity contribution in [2.24, 2.45) is 11.3 Å². The Bertz CT molecular complexity index is 143. The number of nitrogens with zero attached hydrogens (tertiary/aromatic N) is 1. The lowest BCUT2D eigenvalue weighted by Gasteiger charge is -2.39. The zero-order valence-electron chi connectivity index (χ0n) is 8.12. The van der Waals surface area contributed by atoms with E-state index in [0.717, 1.165) is 6.42 Å². The SMILES string of the molecule is CC(C)(C)C1C[C@H](O)CN(O)C1. The first-order valence-corrected chi connectivity index (χ1v) is 4.51. The van der Waals surface area contributed by atoms with Crippen LogP contribution in [0.25, 0.3) is 0 Å². The number of hydrogen-bond acceptors (Lipinski definition) is 3. The summed E-state index contributed by atoms with van der Waals surface area (Å²) in [5.74, 6) is 0.381. The van der Waals surface area contributed by atoms with Crippen molar-refractivity contribution in [1.29, 1.82) is 0 Å². The van der Waals surface area contributed by atoms with Gasteiger partial charge in [0.15, 0.2) is 0 Å². The van der Waals surface area contributed by atoms with E-state index in [2.05, 4.69) is 20.8 Å². The maximum absolute atomic E-state index is 9.41. The Morgan fingerprint density at radius 3 is 2.25 bits per heavy atom. The molecule has 12 heavy (non-hydrogen) atoms. The van der Waals surface area contributed by atoms with Crippen molar-refractivity contribution in [2.45, 2.75) is 33.3 Å². The molecule has 3 heteroatoms. The summed E-state index contributed by atoms with van der Waals surface area (Å²) in [5.41, 5.74) is 0.169. The van der Waals surface area contributed by atoms with Crippen molar-refractivity contribution < 1.29 is 10.3 Å². The third-order valence-corrected chi connectivity index (χ3v) is 2.63. The minimum atomic E-state index is -0.368. The zero-order chi connectivity index (χ0) is 9.35. The van der Waals surface area contributed by atoms with Gasteiger partial charge in [-0.1, -0.05) is 20.8 Å². The lowest BCUT2D eigenvalue weighted by molar-refractivity contribution is -0.159. The molecular weight excluding hydrogens is 154 g/mol. The van der Waals surface area contributed by atoms with Gasteiger partial charge in [0.1, 0.15) is 0 Å². The minimum Gasteiger partial charge on any atom is -0.392 e. The molecule has 1 saturated heterocycles. The van der Waals surface area contributed by atoms with E-state index in [-0.39, 0.29) is 11.5 Å². The molecule has 3 nitrogen and oxygen atoms in total. The van der Waals surface area contributed by atoms with E-state index in [9.17, 15) is 10.3 Å². The summed E-state index contributed by atoms with van der Waals surface area (Å²) in [6.07, 6.45) is 0.438. The van der Waals surface area contributed by atoms with Crippen molar-refractivity contribution in [3.05, 3.63) is 0 Å². The summed E-state index contributed by atoms with van der Waals surface area (Å²) in [4.78, 5) is 0. The van der Waals surface area contributed by atoms with Crippen LogP contribution in [-0.4, -0.2) is 34.6 Å². The van der Waals surface area contributed by atoms with Crippen molar-refractivity contribution >= 4 is 0 Å². The Balaban J connectivity index is 2.55. The van der Waals surface area contributed by atoms with Crippen molar-refractivity contribution in [1.82, 2.24) is 5.06 Å². The fourth-order valence-corrected chi connectivity index (χ4v) is 1.68. The second-order valence-corrected chi connectivity index (χ2v) is 4.82. The molecule has 1 heterocycles. The van der Waals surface area contributed by atoms with Gasteiger partial charge >= 0.3 is 0 Å². The van der Waals surface area contributed by atoms with Crippen LogP contribution in [0.2, 0.25) is 0 Å². The Kier molecular flexibility index (Phi) is 2.76. The van der Waals surface area contributed by atoms with Crippen LogP contribution >= 0.6 is 0 Å². The molecule has 0 aromatic carbocycles. The zero-order valence-corrected chi connectivity index (χ0v) is 8.12. The Morgan fingerprint density at radius 2 is 1.83 bits per heavy atom. The standard InChI is InChI=1S/C9H19NO2/c1-9(2,3)7-4-8(11)6-10(12)5-7/h7-8,11-12H,4-6H2,1-3H3/t7?,8-/m0/s1. The van der Waals surface area contributed by atoms with Gasteiger partial charge in [-0.3, -0.25) is 0 Å². The molecule has 0 aromatic heterocycles. The predicted octanol–water partition coefficient (Wildman–Crippen LogP) is 1.10. The number of rotatable bonds is 0. The van der Waals surface area contributed by atoms with E-state index in [1.54, 1.807) is 0 Å². The van der Waals surface area contributed by atoms with Crippen LogP contribution in [0.5, 0.6) is 0 Å². The summed E-state index contributed by atoms with van der Waals surface area (Å²) in [7, 11) is 0. The molecule has 1 unspecified atom stereocenters. The molecule has 2 atom stereocenters. The number of aliphatic hydroxyl groups is 1. The van der Waals surface area contributed by atoms with Crippen LogP contribution in [0, 0.1) is 11.3 Å². The Labute approximate surface area is 74.0 Å². The van der Waals surface area contributed by atoms with Crippen LogP contribution in [0.4, 0.5) is 0 Å². The third-order valence-electron chi connectivity index (χ3n) is 2.63. The van der Waals surface area contributed by atoms with Crippen LogP contribution < -0.4 is 0 Å². The largest absolute Gasteiger partial charge is 0.392 e. The van der Waals surface area contributed by atoms with E-state index in [0.29, 0.717) is 19.0 Å². The quantitative estimate of drug-likeness (QED) is 0.576. The van der Waals surface area contributed by atoms with Gasteiger partial charge in [-0.2, -0.15) is 5.06 Å². The molecule has 1 fully saturated rings. The summed E-state index contributed by atoms with van der Waals surface area (Å²) in [6.45, 7) is 7.50. The van der Waals surface area contributed by atoms with Crippen LogP contribution in [0.1, 0.15) is 27.2 Å².